The summed E-state index contributed by atoms with van der Waals surface area (Å²) in [6.07, 6.45) is -0.758. The molecule has 24 heavy (non-hydrogen) atoms. The molecule has 1 aromatic carbocycles. The van der Waals surface area contributed by atoms with E-state index in [9.17, 15) is 24.6 Å². The molecule has 7 nitrogen and oxygen atoms in total. The van der Waals surface area contributed by atoms with E-state index in [1.165, 1.54) is 18.7 Å². The topological polar surface area (TPSA) is 104 Å². The van der Waals surface area contributed by atoms with Crippen molar-refractivity contribution in [2.75, 3.05) is 13.1 Å². The van der Waals surface area contributed by atoms with Gasteiger partial charge in [0.25, 0.3) is 0 Å². The Morgan fingerprint density at radius 1 is 1.04 bits per heavy atom. The number of carbonyl (C=O) groups excluding carboxylic acids is 1. The quantitative estimate of drug-likeness (QED) is 0.874. The third-order valence-electron chi connectivity index (χ3n) is 4.36. The summed E-state index contributed by atoms with van der Waals surface area (Å²) in [6, 6.07) is 9.06. The molecular formula is C17H21NO6. The first-order valence-electron chi connectivity index (χ1n) is 7.59. The predicted octanol–water partition coefficient (Wildman–Crippen LogP) is 2.21. The molecule has 1 amide bonds. The largest absolute Gasteiger partial charge is 0.481 e. The van der Waals surface area contributed by atoms with E-state index in [1.807, 2.05) is 18.2 Å². The second kappa shape index (κ2) is 6.51. The fourth-order valence-corrected chi connectivity index (χ4v) is 3.10. The van der Waals surface area contributed by atoms with Crippen molar-refractivity contribution in [3.05, 3.63) is 35.9 Å². The first-order valence-corrected chi connectivity index (χ1v) is 7.59. The van der Waals surface area contributed by atoms with Gasteiger partial charge in [-0.05, 0) is 25.8 Å². The van der Waals surface area contributed by atoms with Crippen LogP contribution in [-0.2, 0) is 20.9 Å². The maximum atomic E-state index is 12.3. The van der Waals surface area contributed by atoms with Gasteiger partial charge in [-0.3, -0.25) is 9.59 Å². The Morgan fingerprint density at radius 3 is 2.00 bits per heavy atom. The van der Waals surface area contributed by atoms with Crippen LogP contribution in [0.4, 0.5) is 4.79 Å². The van der Waals surface area contributed by atoms with Gasteiger partial charge in [0.1, 0.15) is 6.61 Å². The minimum absolute atomic E-state index is 0.0454. The van der Waals surface area contributed by atoms with Gasteiger partial charge in [0, 0.05) is 13.1 Å². The molecule has 1 heterocycles. The molecule has 7 heteroatoms. The average Bonchev–Trinajstić information content (AvgIpc) is 2.52. The van der Waals surface area contributed by atoms with Crippen LogP contribution in [0.3, 0.4) is 0 Å². The zero-order valence-corrected chi connectivity index (χ0v) is 13.7. The summed E-state index contributed by atoms with van der Waals surface area (Å²) < 4.78 is 5.21. The highest BCUT2D eigenvalue weighted by molar-refractivity contribution is 5.81. The van der Waals surface area contributed by atoms with Crippen LogP contribution in [0.1, 0.15) is 25.8 Å². The zero-order valence-electron chi connectivity index (χ0n) is 13.7. The minimum Gasteiger partial charge on any atom is -0.481 e. The number of hydrogen-bond acceptors (Lipinski definition) is 4. The van der Waals surface area contributed by atoms with Crippen molar-refractivity contribution in [2.45, 2.75) is 26.9 Å². The van der Waals surface area contributed by atoms with E-state index in [-0.39, 0.29) is 26.1 Å². The molecule has 2 rings (SSSR count). The summed E-state index contributed by atoms with van der Waals surface area (Å²) in [4.78, 5) is 36.6. The summed E-state index contributed by atoms with van der Waals surface area (Å²) in [5.41, 5.74) is -1.88. The highest BCUT2D eigenvalue weighted by atomic mass is 16.6. The maximum absolute atomic E-state index is 12.3. The molecule has 1 aliphatic heterocycles. The van der Waals surface area contributed by atoms with Crippen molar-refractivity contribution in [1.29, 1.82) is 0 Å². The van der Waals surface area contributed by atoms with Crippen molar-refractivity contribution >= 4 is 18.0 Å². The molecule has 1 aliphatic rings. The SMILES string of the molecule is C[C@]1(C(=O)O)CN(C(=O)OCc2ccccc2)C[C@](C)(C(=O)O)C1. The molecule has 1 fully saturated rings. The summed E-state index contributed by atoms with van der Waals surface area (Å²) >= 11 is 0. The van der Waals surface area contributed by atoms with Crippen molar-refractivity contribution in [3.8, 4) is 0 Å². The van der Waals surface area contributed by atoms with Gasteiger partial charge in [-0.15, -0.1) is 0 Å². The van der Waals surface area contributed by atoms with E-state index < -0.39 is 28.9 Å². The number of nitrogens with zero attached hydrogens (tertiary/aromatic N) is 1. The number of likely N-dealkylation sites (tertiary alicyclic amines) is 1. The van der Waals surface area contributed by atoms with Crippen LogP contribution < -0.4 is 0 Å². The molecule has 130 valence electrons. The third-order valence-corrected chi connectivity index (χ3v) is 4.36. The van der Waals surface area contributed by atoms with Gasteiger partial charge in [-0.25, -0.2) is 4.79 Å². The molecule has 0 aromatic heterocycles. The van der Waals surface area contributed by atoms with Crippen LogP contribution in [0.2, 0.25) is 0 Å². The molecular weight excluding hydrogens is 314 g/mol. The highest BCUT2D eigenvalue weighted by Crippen LogP contribution is 2.41. The van der Waals surface area contributed by atoms with E-state index in [1.54, 1.807) is 12.1 Å². The summed E-state index contributed by atoms with van der Waals surface area (Å²) in [5, 5.41) is 18.9. The number of carboxylic acid groups (broad SMARTS) is 2. The molecule has 2 atom stereocenters. The Labute approximate surface area is 139 Å². The lowest BCUT2D eigenvalue weighted by atomic mass is 9.69. The predicted molar refractivity (Wildman–Crippen MR) is 84.3 cm³/mol. The van der Waals surface area contributed by atoms with Gasteiger partial charge in [-0.1, -0.05) is 30.3 Å². The second-order valence-corrected chi connectivity index (χ2v) is 6.80. The van der Waals surface area contributed by atoms with Crippen LogP contribution in [0.25, 0.3) is 0 Å². The summed E-state index contributed by atoms with van der Waals surface area (Å²) in [6.45, 7) is 2.78. The lowest BCUT2D eigenvalue weighted by molar-refractivity contribution is -0.163. The fourth-order valence-electron chi connectivity index (χ4n) is 3.10. The Balaban J connectivity index is 2.13. The standard InChI is InChI=1S/C17H21NO6/c1-16(13(19)20)9-17(2,14(21)22)11-18(10-16)15(23)24-8-12-6-4-3-5-7-12/h3-7H,8-11H2,1-2H3,(H,19,20)(H,21,22)/t16-,17-/m1/s1. The highest BCUT2D eigenvalue weighted by Gasteiger charge is 2.52. The van der Waals surface area contributed by atoms with Gasteiger partial charge in [0.2, 0.25) is 0 Å². The Kier molecular flexibility index (Phi) is 4.82. The lowest BCUT2D eigenvalue weighted by Gasteiger charge is -2.44. The molecule has 1 saturated heterocycles. The number of rotatable bonds is 4. The zero-order chi connectivity index (χ0) is 18.0. The normalized spacial score (nSPS) is 26.7. The number of hydrogen-bond donors (Lipinski definition) is 2. The molecule has 0 bridgehead atoms. The second-order valence-electron chi connectivity index (χ2n) is 6.80. The minimum atomic E-state index is -1.34. The van der Waals surface area contributed by atoms with Crippen molar-refractivity contribution in [3.63, 3.8) is 0 Å². The number of aliphatic carboxylic acids is 2. The van der Waals surface area contributed by atoms with E-state index in [0.717, 1.165) is 5.56 Å². The lowest BCUT2D eigenvalue weighted by Crippen LogP contribution is -2.57. The van der Waals surface area contributed by atoms with E-state index in [0.29, 0.717) is 0 Å². The number of ether oxygens (including phenoxy) is 1. The van der Waals surface area contributed by atoms with Gasteiger partial charge >= 0.3 is 18.0 Å². The van der Waals surface area contributed by atoms with Crippen LogP contribution in [0.15, 0.2) is 30.3 Å². The van der Waals surface area contributed by atoms with Crippen LogP contribution >= 0.6 is 0 Å². The molecule has 0 unspecified atom stereocenters. The number of benzene rings is 1. The molecule has 0 saturated carbocycles. The Morgan fingerprint density at radius 2 is 1.54 bits per heavy atom. The molecule has 2 N–H and O–H groups in total. The van der Waals surface area contributed by atoms with Crippen molar-refractivity contribution in [1.82, 2.24) is 4.90 Å². The van der Waals surface area contributed by atoms with E-state index >= 15 is 0 Å². The fraction of sp³-hybridized carbons (Fsp3) is 0.471. The average molecular weight is 335 g/mol. The molecule has 0 spiro atoms. The molecule has 1 aromatic rings. The van der Waals surface area contributed by atoms with Crippen molar-refractivity contribution in [2.24, 2.45) is 10.8 Å². The molecule has 0 aliphatic carbocycles. The first kappa shape index (κ1) is 17.8. The Hall–Kier alpha value is -2.57. The number of carbonyl (C=O) groups is 3. The van der Waals surface area contributed by atoms with Gasteiger partial charge in [-0.2, -0.15) is 0 Å². The smallest absolute Gasteiger partial charge is 0.410 e. The van der Waals surface area contributed by atoms with Crippen LogP contribution in [0, 0.1) is 10.8 Å². The van der Waals surface area contributed by atoms with Gasteiger partial charge < -0.3 is 19.8 Å². The number of piperidine rings is 1. The number of amides is 1. The van der Waals surface area contributed by atoms with Gasteiger partial charge in [0.05, 0.1) is 10.8 Å². The van der Waals surface area contributed by atoms with Crippen LogP contribution in [-0.4, -0.2) is 46.2 Å². The first-order chi connectivity index (χ1) is 11.2. The summed E-state index contributed by atoms with van der Waals surface area (Å²) in [7, 11) is 0. The van der Waals surface area contributed by atoms with Gasteiger partial charge in [0.15, 0.2) is 0 Å². The Bertz CT molecular complexity index is 618. The monoisotopic (exact) mass is 335 g/mol. The molecule has 0 radical (unpaired) electrons. The van der Waals surface area contributed by atoms with E-state index in [2.05, 4.69) is 0 Å². The van der Waals surface area contributed by atoms with Crippen LogP contribution in [0.5, 0.6) is 0 Å². The maximum Gasteiger partial charge on any atom is 0.410 e. The van der Waals surface area contributed by atoms with E-state index in [4.69, 9.17) is 4.74 Å². The third kappa shape index (κ3) is 3.67. The summed E-state index contributed by atoms with van der Waals surface area (Å²) in [5.74, 6) is -2.26. The van der Waals surface area contributed by atoms with Crippen molar-refractivity contribution < 1.29 is 29.3 Å². The number of carboxylic acids is 2.